The van der Waals surface area contributed by atoms with Crippen molar-refractivity contribution in [2.24, 2.45) is 0 Å². The van der Waals surface area contributed by atoms with Gasteiger partial charge in [0.2, 0.25) is 0 Å². The molecule has 4 heteroatoms. The summed E-state index contributed by atoms with van der Waals surface area (Å²) in [6, 6.07) is 27.8. The number of aryl methyl sites for hydroxylation is 1. The number of carboxylic acid groups (broad SMARTS) is 1. The molecule has 4 aromatic carbocycles. The number of hydrogen-bond acceptors (Lipinski definition) is 2. The van der Waals surface area contributed by atoms with Gasteiger partial charge in [0.05, 0.1) is 23.9 Å². The average Bonchev–Trinajstić information content (AvgIpc) is 3.18. The van der Waals surface area contributed by atoms with Crippen LogP contribution >= 0.6 is 0 Å². The van der Waals surface area contributed by atoms with Crippen LogP contribution in [0.2, 0.25) is 0 Å². The van der Waals surface area contributed by atoms with Gasteiger partial charge >= 0.3 is 5.97 Å². The van der Waals surface area contributed by atoms with Crippen LogP contribution in [0.5, 0.6) is 5.75 Å². The van der Waals surface area contributed by atoms with Crippen LogP contribution in [0.3, 0.4) is 0 Å². The molecule has 0 fully saturated rings. The van der Waals surface area contributed by atoms with Gasteiger partial charge in [-0.05, 0) is 71.8 Å². The smallest absolute Gasteiger partial charge is 0.335 e. The molecular weight excluding hydrogens is 386 g/mol. The first-order valence-electron chi connectivity index (χ1n) is 10.1. The Hall–Kier alpha value is -4.05. The molecule has 5 rings (SSSR count). The highest BCUT2D eigenvalue weighted by molar-refractivity contribution is 6.09. The fraction of sp³-hybridized carbons (Fsp3) is 0.0741. The Balaban J connectivity index is 1.88. The van der Waals surface area contributed by atoms with E-state index in [1.54, 1.807) is 25.3 Å². The summed E-state index contributed by atoms with van der Waals surface area (Å²) in [4.78, 5) is 11.6. The summed E-state index contributed by atoms with van der Waals surface area (Å²) in [7, 11) is 1.66. The van der Waals surface area contributed by atoms with Crippen LogP contribution in [0, 0.1) is 6.92 Å². The lowest BCUT2D eigenvalue weighted by Gasteiger charge is -2.14. The van der Waals surface area contributed by atoms with Gasteiger partial charge in [0, 0.05) is 16.6 Å². The van der Waals surface area contributed by atoms with Crippen molar-refractivity contribution in [1.82, 2.24) is 4.57 Å². The Labute approximate surface area is 179 Å². The number of methoxy groups -OCH3 is 1. The molecule has 152 valence electrons. The molecule has 0 unspecified atom stereocenters. The van der Waals surface area contributed by atoms with Crippen molar-refractivity contribution in [2.45, 2.75) is 6.92 Å². The van der Waals surface area contributed by atoms with Crippen LogP contribution in [0.4, 0.5) is 0 Å². The fourth-order valence-corrected chi connectivity index (χ4v) is 4.27. The van der Waals surface area contributed by atoms with Crippen molar-refractivity contribution in [3.05, 3.63) is 96.1 Å². The lowest BCUT2D eigenvalue weighted by molar-refractivity contribution is 0.0697. The van der Waals surface area contributed by atoms with Crippen molar-refractivity contribution < 1.29 is 14.6 Å². The number of carbonyl (C=O) groups is 1. The van der Waals surface area contributed by atoms with E-state index in [2.05, 4.69) is 47.9 Å². The van der Waals surface area contributed by atoms with Gasteiger partial charge in [-0.3, -0.25) is 0 Å². The fourth-order valence-electron chi connectivity index (χ4n) is 4.27. The highest BCUT2D eigenvalue weighted by atomic mass is 16.5. The minimum Gasteiger partial charge on any atom is -0.497 e. The Morgan fingerprint density at radius 1 is 0.871 bits per heavy atom. The van der Waals surface area contributed by atoms with Gasteiger partial charge in [0.1, 0.15) is 5.75 Å². The van der Waals surface area contributed by atoms with Crippen molar-refractivity contribution >= 4 is 27.6 Å². The molecule has 0 aliphatic carbocycles. The van der Waals surface area contributed by atoms with E-state index in [0.29, 0.717) is 0 Å². The van der Waals surface area contributed by atoms with Gasteiger partial charge in [0.25, 0.3) is 0 Å². The van der Waals surface area contributed by atoms with E-state index >= 15 is 0 Å². The third-order valence-electron chi connectivity index (χ3n) is 5.77. The zero-order chi connectivity index (χ0) is 21.5. The van der Waals surface area contributed by atoms with Crippen LogP contribution in [0.1, 0.15) is 15.9 Å². The third-order valence-corrected chi connectivity index (χ3v) is 5.77. The molecule has 31 heavy (non-hydrogen) atoms. The number of benzene rings is 4. The molecule has 0 amide bonds. The molecule has 1 aromatic heterocycles. The van der Waals surface area contributed by atoms with Crippen molar-refractivity contribution in [1.29, 1.82) is 0 Å². The zero-order valence-electron chi connectivity index (χ0n) is 17.3. The van der Waals surface area contributed by atoms with Gasteiger partial charge in [0.15, 0.2) is 0 Å². The molecular formula is C27H21NO3. The number of hydrogen-bond donors (Lipinski definition) is 1. The summed E-state index contributed by atoms with van der Waals surface area (Å²) < 4.78 is 7.53. The van der Waals surface area contributed by atoms with Crippen LogP contribution in [-0.4, -0.2) is 22.8 Å². The molecule has 0 spiro atoms. The molecule has 0 bridgehead atoms. The van der Waals surface area contributed by atoms with Gasteiger partial charge in [-0.25, -0.2) is 4.79 Å². The predicted molar refractivity (Wildman–Crippen MR) is 124 cm³/mol. The van der Waals surface area contributed by atoms with Gasteiger partial charge in [-0.15, -0.1) is 0 Å². The largest absolute Gasteiger partial charge is 0.497 e. The zero-order valence-corrected chi connectivity index (χ0v) is 17.3. The standard InChI is InChI=1S/C27H21NO3/c1-17-14-21(31-2)11-12-22(17)26-16-24-23-9-4-3-6-18(23)10-13-25(24)28(26)20-8-5-7-19(15-20)27(29)30/h3-16H,1-2H3,(H,29,30). The molecule has 1 N–H and O–H groups in total. The monoisotopic (exact) mass is 407 g/mol. The number of aromatic carboxylic acids is 1. The van der Waals surface area contributed by atoms with E-state index in [1.807, 2.05) is 30.3 Å². The molecule has 0 aliphatic heterocycles. The van der Waals surface area contributed by atoms with Crippen molar-refractivity contribution in [3.63, 3.8) is 0 Å². The lowest BCUT2D eigenvalue weighted by Crippen LogP contribution is -2.02. The quantitative estimate of drug-likeness (QED) is 0.372. The minimum absolute atomic E-state index is 0.262. The summed E-state index contributed by atoms with van der Waals surface area (Å²) in [5.41, 5.74) is 5.28. The SMILES string of the molecule is COc1ccc(-c2cc3c4ccccc4ccc3n2-c2cccc(C(=O)O)c2)c(C)c1. The average molecular weight is 407 g/mol. The maximum Gasteiger partial charge on any atom is 0.335 e. The van der Waals surface area contributed by atoms with Gasteiger partial charge in [-0.2, -0.15) is 0 Å². The second kappa shape index (κ2) is 7.33. The number of aromatic nitrogens is 1. The number of fused-ring (bicyclic) bond motifs is 3. The Morgan fingerprint density at radius 3 is 2.48 bits per heavy atom. The van der Waals surface area contributed by atoms with Crippen LogP contribution in [0.15, 0.2) is 84.9 Å². The summed E-state index contributed by atoms with van der Waals surface area (Å²) in [5.74, 6) is -0.131. The Bertz CT molecular complexity index is 1460. The van der Waals surface area contributed by atoms with E-state index in [9.17, 15) is 9.90 Å². The second-order valence-electron chi connectivity index (χ2n) is 7.62. The van der Waals surface area contributed by atoms with E-state index < -0.39 is 5.97 Å². The Kier molecular flexibility index (Phi) is 4.48. The van der Waals surface area contributed by atoms with Gasteiger partial charge < -0.3 is 14.4 Å². The topological polar surface area (TPSA) is 51.5 Å². The summed E-state index contributed by atoms with van der Waals surface area (Å²) >= 11 is 0. The van der Waals surface area contributed by atoms with E-state index in [-0.39, 0.29) is 5.56 Å². The summed E-state index contributed by atoms with van der Waals surface area (Å²) in [6.45, 7) is 2.06. The van der Waals surface area contributed by atoms with Crippen molar-refractivity contribution in [3.8, 4) is 22.7 Å². The number of nitrogens with zero attached hydrogens (tertiary/aromatic N) is 1. The van der Waals surface area contributed by atoms with Crippen LogP contribution < -0.4 is 4.74 Å². The minimum atomic E-state index is -0.939. The maximum absolute atomic E-state index is 11.6. The van der Waals surface area contributed by atoms with Crippen LogP contribution in [0.25, 0.3) is 38.6 Å². The normalized spacial score (nSPS) is 11.2. The number of ether oxygens (including phenoxy) is 1. The Morgan fingerprint density at radius 2 is 1.71 bits per heavy atom. The predicted octanol–water partition coefficient (Wildman–Crippen LogP) is 6.47. The third kappa shape index (κ3) is 3.13. The van der Waals surface area contributed by atoms with E-state index in [1.165, 1.54) is 10.8 Å². The van der Waals surface area contributed by atoms with Crippen molar-refractivity contribution in [2.75, 3.05) is 7.11 Å². The number of carboxylic acids is 1. The summed E-state index contributed by atoms with van der Waals surface area (Å²) in [5, 5.41) is 13.0. The highest BCUT2D eigenvalue weighted by Crippen LogP contribution is 2.37. The molecule has 0 saturated carbocycles. The van der Waals surface area contributed by atoms with Crippen LogP contribution in [-0.2, 0) is 0 Å². The molecule has 0 radical (unpaired) electrons. The molecule has 0 aliphatic rings. The molecule has 5 aromatic rings. The summed E-state index contributed by atoms with van der Waals surface area (Å²) in [6.07, 6.45) is 0. The number of rotatable bonds is 4. The van der Waals surface area contributed by atoms with E-state index in [0.717, 1.165) is 39.2 Å². The molecule has 0 saturated heterocycles. The first kappa shape index (κ1) is 18.9. The lowest BCUT2D eigenvalue weighted by atomic mass is 10.0. The van der Waals surface area contributed by atoms with E-state index in [4.69, 9.17) is 4.74 Å². The first-order valence-corrected chi connectivity index (χ1v) is 10.1. The second-order valence-corrected chi connectivity index (χ2v) is 7.62. The first-order chi connectivity index (χ1) is 15.1. The molecule has 1 heterocycles. The highest BCUT2D eigenvalue weighted by Gasteiger charge is 2.17. The molecule has 0 atom stereocenters. The maximum atomic E-state index is 11.6. The van der Waals surface area contributed by atoms with Gasteiger partial charge in [-0.1, -0.05) is 36.4 Å². The molecule has 4 nitrogen and oxygen atoms in total.